The van der Waals surface area contributed by atoms with Crippen molar-refractivity contribution < 1.29 is 14.3 Å². The van der Waals surface area contributed by atoms with Crippen LogP contribution in [0.25, 0.3) is 0 Å². The quantitative estimate of drug-likeness (QED) is 0.638. The van der Waals surface area contributed by atoms with Gasteiger partial charge >= 0.3 is 0 Å². The van der Waals surface area contributed by atoms with Crippen molar-refractivity contribution in [2.75, 3.05) is 24.9 Å². The van der Waals surface area contributed by atoms with Gasteiger partial charge in [-0.25, -0.2) is 0 Å². The largest absolute Gasteiger partial charge is 0.493 e. The number of benzene rings is 2. The fourth-order valence-corrected chi connectivity index (χ4v) is 2.76. The standard InChI is InChI=1S/C20H19ClN4O3/c1-12-10-13(21)4-6-15(12)23-20(26)16-7-9-19(25-24-16)22-14-5-8-17(27-2)18(11-14)28-3/h4-11H,1-3H3,(H,22,25)(H,23,26). The second-order valence-corrected chi connectivity index (χ2v) is 6.35. The van der Waals surface area contributed by atoms with Crippen LogP contribution in [-0.4, -0.2) is 30.3 Å². The monoisotopic (exact) mass is 398 g/mol. The lowest BCUT2D eigenvalue weighted by Crippen LogP contribution is -2.15. The van der Waals surface area contributed by atoms with Gasteiger partial charge in [0.1, 0.15) is 0 Å². The lowest BCUT2D eigenvalue weighted by atomic mass is 10.2. The molecule has 0 aliphatic rings. The number of amides is 1. The maximum absolute atomic E-state index is 12.4. The van der Waals surface area contributed by atoms with Crippen LogP contribution in [-0.2, 0) is 0 Å². The van der Waals surface area contributed by atoms with Gasteiger partial charge in [0.25, 0.3) is 5.91 Å². The molecule has 7 nitrogen and oxygen atoms in total. The number of carbonyl (C=O) groups excluding carboxylic acids is 1. The van der Waals surface area contributed by atoms with Crippen molar-refractivity contribution in [1.82, 2.24) is 10.2 Å². The maximum Gasteiger partial charge on any atom is 0.276 e. The Morgan fingerprint density at radius 2 is 1.75 bits per heavy atom. The highest BCUT2D eigenvalue weighted by atomic mass is 35.5. The van der Waals surface area contributed by atoms with Crippen LogP contribution in [0, 0.1) is 6.92 Å². The van der Waals surface area contributed by atoms with E-state index >= 15 is 0 Å². The van der Waals surface area contributed by atoms with Crippen LogP contribution < -0.4 is 20.1 Å². The summed E-state index contributed by atoms with van der Waals surface area (Å²) in [6, 6.07) is 13.9. The third-order valence-corrected chi connectivity index (χ3v) is 4.22. The molecule has 2 aromatic carbocycles. The summed E-state index contributed by atoms with van der Waals surface area (Å²) >= 11 is 5.93. The molecule has 1 amide bonds. The highest BCUT2D eigenvalue weighted by Crippen LogP contribution is 2.30. The smallest absolute Gasteiger partial charge is 0.276 e. The molecular weight excluding hydrogens is 380 g/mol. The predicted octanol–water partition coefficient (Wildman–Crippen LogP) is 4.45. The van der Waals surface area contributed by atoms with Gasteiger partial charge in [0, 0.05) is 22.5 Å². The summed E-state index contributed by atoms with van der Waals surface area (Å²) in [5, 5.41) is 14.6. The minimum atomic E-state index is -0.351. The second kappa shape index (κ2) is 8.58. The van der Waals surface area contributed by atoms with E-state index in [2.05, 4.69) is 20.8 Å². The lowest BCUT2D eigenvalue weighted by Gasteiger charge is -2.11. The Bertz CT molecular complexity index is 993. The van der Waals surface area contributed by atoms with Crippen molar-refractivity contribution >= 4 is 34.7 Å². The van der Waals surface area contributed by atoms with E-state index in [-0.39, 0.29) is 11.6 Å². The SMILES string of the molecule is COc1ccc(Nc2ccc(C(=O)Nc3ccc(Cl)cc3C)nn2)cc1OC. The molecule has 3 rings (SSSR count). The van der Waals surface area contributed by atoms with Gasteiger partial charge in [0.2, 0.25) is 0 Å². The minimum Gasteiger partial charge on any atom is -0.493 e. The zero-order valence-corrected chi connectivity index (χ0v) is 16.4. The predicted molar refractivity (Wildman–Crippen MR) is 109 cm³/mol. The molecule has 8 heteroatoms. The summed E-state index contributed by atoms with van der Waals surface area (Å²) < 4.78 is 10.5. The number of aromatic nitrogens is 2. The molecule has 144 valence electrons. The minimum absolute atomic E-state index is 0.201. The van der Waals surface area contributed by atoms with E-state index in [1.807, 2.05) is 13.0 Å². The van der Waals surface area contributed by atoms with Crippen molar-refractivity contribution in [3.05, 3.63) is 64.8 Å². The molecule has 0 saturated carbocycles. The van der Waals surface area contributed by atoms with Gasteiger partial charge in [-0.15, -0.1) is 10.2 Å². The van der Waals surface area contributed by atoms with Crippen LogP contribution in [0.2, 0.25) is 5.02 Å². The number of hydrogen-bond acceptors (Lipinski definition) is 6. The van der Waals surface area contributed by atoms with Crippen molar-refractivity contribution in [2.45, 2.75) is 6.92 Å². The first kappa shape index (κ1) is 19.4. The molecule has 1 aromatic heterocycles. The number of halogens is 1. The van der Waals surface area contributed by atoms with Gasteiger partial charge in [-0.3, -0.25) is 4.79 Å². The third-order valence-electron chi connectivity index (χ3n) is 3.99. The molecule has 0 fully saturated rings. The second-order valence-electron chi connectivity index (χ2n) is 5.91. The van der Waals surface area contributed by atoms with Crippen LogP contribution in [0.15, 0.2) is 48.5 Å². The van der Waals surface area contributed by atoms with E-state index in [1.165, 1.54) is 0 Å². The van der Waals surface area contributed by atoms with Crippen molar-refractivity contribution in [3.63, 3.8) is 0 Å². The highest BCUT2D eigenvalue weighted by Gasteiger charge is 2.11. The number of ether oxygens (including phenoxy) is 2. The lowest BCUT2D eigenvalue weighted by molar-refractivity contribution is 0.102. The van der Waals surface area contributed by atoms with Crippen molar-refractivity contribution in [1.29, 1.82) is 0 Å². The van der Waals surface area contributed by atoms with E-state index < -0.39 is 0 Å². The number of nitrogens with one attached hydrogen (secondary N) is 2. The highest BCUT2D eigenvalue weighted by molar-refractivity contribution is 6.30. The third kappa shape index (κ3) is 4.50. The van der Waals surface area contributed by atoms with Gasteiger partial charge in [0.05, 0.1) is 14.2 Å². The topological polar surface area (TPSA) is 85.4 Å². The Hall–Kier alpha value is -3.32. The molecule has 0 aliphatic carbocycles. The van der Waals surface area contributed by atoms with Crippen LogP contribution in [0.3, 0.4) is 0 Å². The van der Waals surface area contributed by atoms with Gasteiger partial charge in [0.15, 0.2) is 23.0 Å². The zero-order valence-electron chi connectivity index (χ0n) is 15.6. The molecule has 0 bridgehead atoms. The fraction of sp³-hybridized carbons (Fsp3) is 0.150. The Kier molecular flexibility index (Phi) is 5.96. The summed E-state index contributed by atoms with van der Waals surface area (Å²) in [6.45, 7) is 1.86. The molecule has 0 atom stereocenters. The van der Waals surface area contributed by atoms with Gasteiger partial charge in [-0.05, 0) is 55.0 Å². The van der Waals surface area contributed by atoms with Crippen molar-refractivity contribution in [3.8, 4) is 11.5 Å². The molecule has 2 N–H and O–H groups in total. The van der Waals surface area contributed by atoms with E-state index in [0.717, 1.165) is 11.3 Å². The molecule has 1 heterocycles. The number of anilines is 3. The number of methoxy groups -OCH3 is 2. The maximum atomic E-state index is 12.4. The Morgan fingerprint density at radius 1 is 0.964 bits per heavy atom. The first-order chi connectivity index (χ1) is 13.5. The molecule has 0 unspecified atom stereocenters. The summed E-state index contributed by atoms with van der Waals surface area (Å²) in [5.41, 5.74) is 2.48. The van der Waals surface area contributed by atoms with Gasteiger partial charge in [-0.2, -0.15) is 0 Å². The average molecular weight is 399 g/mol. The Balaban J connectivity index is 1.70. The molecule has 0 radical (unpaired) electrons. The first-order valence-corrected chi connectivity index (χ1v) is 8.78. The van der Waals surface area contributed by atoms with Crippen LogP contribution >= 0.6 is 11.6 Å². The van der Waals surface area contributed by atoms with Crippen LogP contribution in [0.1, 0.15) is 16.1 Å². The normalized spacial score (nSPS) is 10.3. The molecule has 0 spiro atoms. The number of carbonyl (C=O) groups is 1. The summed E-state index contributed by atoms with van der Waals surface area (Å²) in [4.78, 5) is 12.4. The van der Waals surface area contributed by atoms with E-state index in [1.54, 1.807) is 56.7 Å². The number of nitrogens with zero attached hydrogens (tertiary/aromatic N) is 2. The molecule has 28 heavy (non-hydrogen) atoms. The average Bonchev–Trinajstić information content (AvgIpc) is 2.70. The Morgan fingerprint density at radius 3 is 2.39 bits per heavy atom. The number of hydrogen-bond donors (Lipinski definition) is 2. The Labute approximate surface area is 167 Å². The summed E-state index contributed by atoms with van der Waals surface area (Å²) in [6.07, 6.45) is 0. The van der Waals surface area contributed by atoms with Gasteiger partial charge < -0.3 is 20.1 Å². The van der Waals surface area contributed by atoms with Crippen molar-refractivity contribution in [2.24, 2.45) is 0 Å². The zero-order chi connectivity index (χ0) is 20.1. The van der Waals surface area contributed by atoms with E-state index in [4.69, 9.17) is 21.1 Å². The number of rotatable bonds is 6. The van der Waals surface area contributed by atoms with Crippen LogP contribution in [0.4, 0.5) is 17.2 Å². The summed E-state index contributed by atoms with van der Waals surface area (Å²) in [7, 11) is 3.14. The first-order valence-electron chi connectivity index (χ1n) is 8.40. The molecule has 3 aromatic rings. The molecular formula is C20H19ClN4O3. The molecule has 0 saturated heterocycles. The van der Waals surface area contributed by atoms with Crippen LogP contribution in [0.5, 0.6) is 11.5 Å². The van der Waals surface area contributed by atoms with E-state index in [9.17, 15) is 4.79 Å². The molecule has 0 aliphatic heterocycles. The summed E-state index contributed by atoms with van der Waals surface area (Å²) in [5.74, 6) is 1.36. The van der Waals surface area contributed by atoms with Gasteiger partial charge in [-0.1, -0.05) is 11.6 Å². The fourth-order valence-electron chi connectivity index (χ4n) is 2.54. The number of aryl methyl sites for hydroxylation is 1. The van der Waals surface area contributed by atoms with E-state index in [0.29, 0.717) is 28.0 Å².